The van der Waals surface area contributed by atoms with Crippen LogP contribution in [0.15, 0.2) is 71.3 Å². The number of fused-ring (bicyclic) bond motifs is 1. The van der Waals surface area contributed by atoms with Gasteiger partial charge in [0, 0.05) is 12.5 Å². The van der Waals surface area contributed by atoms with Gasteiger partial charge in [-0.25, -0.2) is 0 Å². The first-order chi connectivity index (χ1) is 17.0. The maximum absolute atomic E-state index is 13.3. The SMILES string of the molecule is COc1ccc(CN2C(=O)c3ccccc3C2=O)cc1C(=O)Nc1ccccc1-c1noc(C)n1. The molecule has 35 heavy (non-hydrogen) atoms. The second kappa shape index (κ2) is 8.86. The van der Waals surface area contributed by atoms with Gasteiger partial charge in [0.15, 0.2) is 0 Å². The Morgan fingerprint density at radius 2 is 1.63 bits per heavy atom. The fourth-order valence-electron chi connectivity index (χ4n) is 3.98. The van der Waals surface area contributed by atoms with E-state index in [1.54, 1.807) is 73.7 Å². The highest BCUT2D eigenvalue weighted by atomic mass is 16.5. The molecule has 1 aliphatic rings. The van der Waals surface area contributed by atoms with E-state index in [-0.39, 0.29) is 23.9 Å². The Balaban J connectivity index is 1.42. The Morgan fingerprint density at radius 3 is 2.26 bits per heavy atom. The summed E-state index contributed by atoms with van der Waals surface area (Å²) in [6.45, 7) is 1.71. The molecule has 1 aliphatic heterocycles. The van der Waals surface area contributed by atoms with Gasteiger partial charge in [-0.2, -0.15) is 4.98 Å². The topological polar surface area (TPSA) is 115 Å². The summed E-state index contributed by atoms with van der Waals surface area (Å²) in [4.78, 5) is 44.2. The van der Waals surface area contributed by atoms with E-state index >= 15 is 0 Å². The lowest BCUT2D eigenvalue weighted by molar-refractivity contribution is 0.0642. The molecule has 9 heteroatoms. The summed E-state index contributed by atoms with van der Waals surface area (Å²) in [6.07, 6.45) is 0. The number of amides is 3. The van der Waals surface area contributed by atoms with Crippen LogP contribution in [-0.2, 0) is 6.54 Å². The molecule has 4 aromatic rings. The number of hydrogen-bond donors (Lipinski definition) is 1. The quantitative estimate of drug-likeness (QED) is 0.424. The molecule has 0 bridgehead atoms. The van der Waals surface area contributed by atoms with E-state index in [2.05, 4.69) is 15.5 Å². The third-order valence-corrected chi connectivity index (χ3v) is 5.67. The van der Waals surface area contributed by atoms with E-state index < -0.39 is 5.91 Å². The molecule has 5 rings (SSSR count). The number of rotatable bonds is 6. The highest BCUT2D eigenvalue weighted by Crippen LogP contribution is 2.29. The van der Waals surface area contributed by atoms with Crippen LogP contribution in [0.3, 0.4) is 0 Å². The molecule has 0 unspecified atom stereocenters. The lowest BCUT2D eigenvalue weighted by Gasteiger charge is -2.16. The number of methoxy groups -OCH3 is 1. The summed E-state index contributed by atoms with van der Waals surface area (Å²) in [5.74, 6) is -0.0536. The van der Waals surface area contributed by atoms with Crippen LogP contribution >= 0.6 is 0 Å². The van der Waals surface area contributed by atoms with Crippen molar-refractivity contribution in [1.82, 2.24) is 15.0 Å². The highest BCUT2D eigenvalue weighted by Gasteiger charge is 2.35. The Labute approximate surface area is 200 Å². The number of carbonyl (C=O) groups excluding carboxylic acids is 3. The van der Waals surface area contributed by atoms with Gasteiger partial charge in [-0.1, -0.05) is 35.5 Å². The van der Waals surface area contributed by atoms with E-state index in [4.69, 9.17) is 9.26 Å². The molecule has 0 spiro atoms. The van der Waals surface area contributed by atoms with E-state index in [1.807, 2.05) is 0 Å². The average Bonchev–Trinajstić information content (AvgIpc) is 3.41. The van der Waals surface area contributed by atoms with E-state index in [9.17, 15) is 14.4 Å². The number of aromatic nitrogens is 2. The van der Waals surface area contributed by atoms with Crippen LogP contribution in [0, 0.1) is 6.92 Å². The molecule has 0 fully saturated rings. The van der Waals surface area contributed by atoms with Crippen molar-refractivity contribution < 1.29 is 23.6 Å². The van der Waals surface area contributed by atoms with Gasteiger partial charge in [0.2, 0.25) is 11.7 Å². The minimum Gasteiger partial charge on any atom is -0.496 e. The lowest BCUT2D eigenvalue weighted by Crippen LogP contribution is -2.29. The molecule has 3 aromatic carbocycles. The van der Waals surface area contributed by atoms with E-state index in [1.165, 1.54) is 12.0 Å². The van der Waals surface area contributed by atoms with Crippen LogP contribution in [0.25, 0.3) is 11.4 Å². The summed E-state index contributed by atoms with van der Waals surface area (Å²) in [6, 6.07) is 18.8. The van der Waals surface area contributed by atoms with Gasteiger partial charge in [-0.05, 0) is 42.0 Å². The Morgan fingerprint density at radius 1 is 0.971 bits per heavy atom. The molecule has 0 aliphatic carbocycles. The van der Waals surface area contributed by atoms with Gasteiger partial charge in [0.25, 0.3) is 17.7 Å². The van der Waals surface area contributed by atoms with Gasteiger partial charge >= 0.3 is 0 Å². The third-order valence-electron chi connectivity index (χ3n) is 5.67. The molecule has 1 N–H and O–H groups in total. The van der Waals surface area contributed by atoms with Gasteiger partial charge in [-0.15, -0.1) is 0 Å². The fraction of sp³-hybridized carbons (Fsp3) is 0.115. The van der Waals surface area contributed by atoms with Crippen LogP contribution in [0.2, 0.25) is 0 Å². The number of anilines is 1. The fourth-order valence-corrected chi connectivity index (χ4v) is 3.98. The van der Waals surface area contributed by atoms with Crippen molar-refractivity contribution >= 4 is 23.4 Å². The van der Waals surface area contributed by atoms with Crippen molar-refractivity contribution in [1.29, 1.82) is 0 Å². The summed E-state index contributed by atoms with van der Waals surface area (Å²) in [5.41, 5.74) is 2.69. The van der Waals surface area contributed by atoms with Crippen molar-refractivity contribution in [3.05, 3.63) is 94.9 Å². The first-order valence-corrected chi connectivity index (χ1v) is 10.8. The molecule has 1 aromatic heterocycles. The van der Waals surface area contributed by atoms with Crippen molar-refractivity contribution in [2.24, 2.45) is 0 Å². The van der Waals surface area contributed by atoms with E-state index in [0.29, 0.717) is 45.4 Å². The van der Waals surface area contributed by atoms with Crippen LogP contribution in [0.5, 0.6) is 5.75 Å². The van der Waals surface area contributed by atoms with Gasteiger partial charge in [-0.3, -0.25) is 19.3 Å². The summed E-state index contributed by atoms with van der Waals surface area (Å²) < 4.78 is 10.5. The monoisotopic (exact) mass is 468 g/mol. The molecule has 3 amide bonds. The van der Waals surface area contributed by atoms with Crippen LogP contribution in [-0.4, -0.2) is 39.9 Å². The third kappa shape index (κ3) is 4.04. The smallest absolute Gasteiger partial charge is 0.261 e. The number of aryl methyl sites for hydroxylation is 1. The maximum atomic E-state index is 13.3. The lowest BCUT2D eigenvalue weighted by atomic mass is 10.1. The second-order valence-corrected chi connectivity index (χ2v) is 7.91. The van der Waals surface area contributed by atoms with Gasteiger partial charge in [0.1, 0.15) is 5.75 Å². The minimum absolute atomic E-state index is 0.0232. The molecule has 9 nitrogen and oxygen atoms in total. The normalized spacial score (nSPS) is 12.6. The molecular formula is C26H20N4O5. The maximum Gasteiger partial charge on any atom is 0.261 e. The van der Waals surface area contributed by atoms with Gasteiger partial charge in [0.05, 0.1) is 36.0 Å². The number of ether oxygens (including phenoxy) is 1. The van der Waals surface area contributed by atoms with Crippen LogP contribution < -0.4 is 10.1 Å². The number of benzene rings is 3. The molecule has 2 heterocycles. The van der Waals surface area contributed by atoms with Crippen molar-refractivity contribution in [3.8, 4) is 17.1 Å². The van der Waals surface area contributed by atoms with Crippen LogP contribution in [0.1, 0.15) is 42.5 Å². The average molecular weight is 468 g/mol. The summed E-state index contributed by atoms with van der Waals surface area (Å²) >= 11 is 0. The molecule has 0 saturated carbocycles. The molecule has 174 valence electrons. The zero-order valence-corrected chi connectivity index (χ0v) is 18.9. The number of hydrogen-bond acceptors (Lipinski definition) is 7. The van der Waals surface area contributed by atoms with Crippen molar-refractivity contribution in [2.45, 2.75) is 13.5 Å². The van der Waals surface area contributed by atoms with Crippen LogP contribution in [0.4, 0.5) is 5.69 Å². The predicted octanol–water partition coefficient (Wildman–Crippen LogP) is 4.10. The number of nitrogens with zero attached hydrogens (tertiary/aromatic N) is 3. The Kier molecular flexibility index (Phi) is 5.58. The molecular weight excluding hydrogens is 448 g/mol. The first-order valence-electron chi connectivity index (χ1n) is 10.8. The van der Waals surface area contributed by atoms with Crippen molar-refractivity contribution in [3.63, 3.8) is 0 Å². The number of nitrogens with one attached hydrogen (secondary N) is 1. The molecule has 0 radical (unpaired) electrons. The Hall–Kier alpha value is -4.79. The number of carbonyl (C=O) groups is 3. The standard InChI is InChI=1S/C26H20N4O5/c1-15-27-23(29-35-15)19-9-5-6-10-21(19)28-24(31)20-13-16(11-12-22(20)34-2)14-30-25(32)17-7-3-4-8-18(17)26(30)33/h3-13H,14H2,1-2H3,(H,28,31). The predicted molar refractivity (Wildman–Crippen MR) is 126 cm³/mol. The highest BCUT2D eigenvalue weighted by molar-refractivity contribution is 6.21. The van der Waals surface area contributed by atoms with Crippen molar-refractivity contribution in [2.75, 3.05) is 12.4 Å². The zero-order valence-electron chi connectivity index (χ0n) is 18.9. The Bertz CT molecular complexity index is 1440. The minimum atomic E-state index is -0.432. The number of para-hydroxylation sites is 1. The summed E-state index contributed by atoms with van der Waals surface area (Å²) in [5, 5.41) is 6.81. The first kappa shape index (κ1) is 22.0. The largest absolute Gasteiger partial charge is 0.496 e. The molecule has 0 atom stereocenters. The van der Waals surface area contributed by atoms with Gasteiger partial charge < -0.3 is 14.6 Å². The summed E-state index contributed by atoms with van der Waals surface area (Å²) in [7, 11) is 1.46. The number of imide groups is 1. The van der Waals surface area contributed by atoms with E-state index in [0.717, 1.165) is 0 Å². The zero-order chi connectivity index (χ0) is 24.5. The second-order valence-electron chi connectivity index (χ2n) is 7.91. The molecule has 0 saturated heterocycles.